The second kappa shape index (κ2) is 12.2. The summed E-state index contributed by atoms with van der Waals surface area (Å²) in [6.07, 6.45) is 5.59. The summed E-state index contributed by atoms with van der Waals surface area (Å²) >= 11 is 0. The molecule has 2 amide bonds. The molecule has 0 spiro atoms. The molecule has 2 aromatic rings. The second-order valence-corrected chi connectivity index (χ2v) is 6.93. The number of hydrogen-bond donors (Lipinski definition) is 3. The average molecular weight is 429 g/mol. The summed E-state index contributed by atoms with van der Waals surface area (Å²) in [6.45, 7) is 3.10. The Bertz CT molecular complexity index is 858. The fraction of sp³-hybridized carbons (Fsp3) is 0.273. The van der Waals surface area contributed by atoms with Crippen LogP contribution in [0.15, 0.2) is 60.9 Å². The van der Waals surface area contributed by atoms with E-state index in [0.29, 0.717) is 29.6 Å². The largest absolute Gasteiger partial charge is 0.457 e. The van der Waals surface area contributed by atoms with Gasteiger partial charge in [0.2, 0.25) is 12.3 Å². The number of carbonyl (C=O) groups is 2. The van der Waals surface area contributed by atoms with E-state index in [-0.39, 0.29) is 18.3 Å². The van der Waals surface area contributed by atoms with Crippen molar-refractivity contribution in [2.24, 2.45) is 11.6 Å². The summed E-state index contributed by atoms with van der Waals surface area (Å²) in [5.74, 6) is 6.46. The number of hydrazine groups is 1. The van der Waals surface area contributed by atoms with Gasteiger partial charge in [0.1, 0.15) is 23.9 Å². The predicted molar refractivity (Wildman–Crippen MR) is 117 cm³/mol. The molecule has 1 aliphatic rings. The van der Waals surface area contributed by atoms with Crippen molar-refractivity contribution in [2.75, 3.05) is 18.4 Å². The maximum absolute atomic E-state index is 12.7. The van der Waals surface area contributed by atoms with Gasteiger partial charge in [-0.25, -0.2) is 10.2 Å². The number of nitrogens with one attached hydrogen (secondary N) is 1. The molecule has 1 heterocycles. The van der Waals surface area contributed by atoms with Crippen LogP contribution >= 0.6 is 0 Å². The molecule has 0 bridgehead atoms. The van der Waals surface area contributed by atoms with Crippen molar-refractivity contribution in [3.05, 3.63) is 66.7 Å². The zero-order valence-electron chi connectivity index (χ0n) is 17.4. The Labute approximate surface area is 181 Å². The van der Waals surface area contributed by atoms with Crippen LogP contribution in [0.4, 0.5) is 10.1 Å². The molecule has 0 radical (unpaired) electrons. The number of nitrogens with zero attached hydrogens (tertiary/aromatic N) is 2. The van der Waals surface area contributed by atoms with Crippen molar-refractivity contribution >= 4 is 18.0 Å². The van der Waals surface area contributed by atoms with Gasteiger partial charge in [0.25, 0.3) is 0 Å². The molecule has 1 aliphatic heterocycles. The Hall–Kier alpha value is -3.59. The van der Waals surface area contributed by atoms with Crippen LogP contribution in [0.3, 0.4) is 0 Å². The third kappa shape index (κ3) is 7.98. The van der Waals surface area contributed by atoms with Crippen molar-refractivity contribution in [3.8, 4) is 11.5 Å². The summed E-state index contributed by atoms with van der Waals surface area (Å²) < 4.78 is 18.1. The summed E-state index contributed by atoms with van der Waals surface area (Å²) in [5.41, 5.74) is 5.85. The third-order valence-electron chi connectivity index (χ3n) is 4.60. The highest BCUT2D eigenvalue weighted by atomic mass is 19.1. The van der Waals surface area contributed by atoms with Gasteiger partial charge in [0.15, 0.2) is 0 Å². The highest BCUT2D eigenvalue weighted by molar-refractivity contribution is 5.78. The fourth-order valence-electron chi connectivity index (χ4n) is 3.04. The fourth-order valence-corrected chi connectivity index (χ4v) is 3.04. The normalized spacial score (nSPS) is 15.2. The monoisotopic (exact) mass is 429 g/mol. The summed E-state index contributed by atoms with van der Waals surface area (Å²) in [6, 6.07) is 13.0. The number of halogens is 1. The van der Waals surface area contributed by atoms with Crippen molar-refractivity contribution in [3.63, 3.8) is 0 Å². The van der Waals surface area contributed by atoms with Crippen LogP contribution in [-0.2, 0) is 9.59 Å². The molecule has 3 rings (SSSR count). The molecule has 1 saturated heterocycles. The number of rotatable bonds is 7. The lowest BCUT2D eigenvalue weighted by Crippen LogP contribution is -2.42. The Morgan fingerprint density at radius 1 is 1.23 bits per heavy atom. The van der Waals surface area contributed by atoms with Crippen molar-refractivity contribution in [2.45, 2.75) is 25.8 Å². The second-order valence-electron chi connectivity index (χ2n) is 6.93. The van der Waals surface area contributed by atoms with E-state index in [1.165, 1.54) is 29.5 Å². The van der Waals surface area contributed by atoms with Crippen LogP contribution in [0.2, 0.25) is 0 Å². The lowest BCUT2D eigenvalue weighted by Gasteiger charge is -2.23. The minimum Gasteiger partial charge on any atom is -0.457 e. The molecule has 0 saturated carbocycles. The summed E-state index contributed by atoms with van der Waals surface area (Å²) in [4.78, 5) is 23.7. The van der Waals surface area contributed by atoms with Crippen molar-refractivity contribution in [1.29, 1.82) is 0 Å². The SMILES string of the molecule is CC1CCCN1C(=O)CN(N)/C=C\N.O=CNc1ccc(Oc2ccc(F)cc2)cc1. The van der Waals surface area contributed by atoms with Crippen LogP contribution < -0.4 is 21.6 Å². The number of nitrogens with two attached hydrogens (primary N) is 2. The number of amides is 2. The summed E-state index contributed by atoms with van der Waals surface area (Å²) in [5, 5.41) is 3.82. The maximum Gasteiger partial charge on any atom is 0.243 e. The van der Waals surface area contributed by atoms with Gasteiger partial charge >= 0.3 is 0 Å². The molecule has 1 atom stereocenters. The first-order valence-electron chi connectivity index (χ1n) is 9.85. The molecule has 1 fully saturated rings. The van der Waals surface area contributed by atoms with Gasteiger partial charge in [-0.2, -0.15) is 0 Å². The lowest BCUT2D eigenvalue weighted by atomic mass is 10.2. The molecule has 166 valence electrons. The van der Waals surface area contributed by atoms with E-state index in [1.807, 2.05) is 4.90 Å². The molecule has 31 heavy (non-hydrogen) atoms. The molecule has 1 unspecified atom stereocenters. The van der Waals surface area contributed by atoms with Crippen molar-refractivity contribution in [1.82, 2.24) is 9.91 Å². The van der Waals surface area contributed by atoms with Gasteiger partial charge in [0, 0.05) is 30.7 Å². The Balaban J connectivity index is 0.000000225. The first-order valence-corrected chi connectivity index (χ1v) is 9.85. The molecule has 2 aromatic carbocycles. The zero-order valence-corrected chi connectivity index (χ0v) is 17.4. The smallest absolute Gasteiger partial charge is 0.243 e. The van der Waals surface area contributed by atoms with Gasteiger partial charge in [-0.05, 0) is 68.3 Å². The predicted octanol–water partition coefficient (Wildman–Crippen LogP) is 2.79. The molecular formula is C22H28FN5O3. The molecule has 0 aliphatic carbocycles. The number of ether oxygens (including phenoxy) is 1. The van der Waals surface area contributed by atoms with E-state index in [0.717, 1.165) is 19.4 Å². The molecule has 0 aromatic heterocycles. The lowest BCUT2D eigenvalue weighted by molar-refractivity contribution is -0.132. The summed E-state index contributed by atoms with van der Waals surface area (Å²) in [7, 11) is 0. The Morgan fingerprint density at radius 3 is 2.35 bits per heavy atom. The topological polar surface area (TPSA) is 114 Å². The van der Waals surface area contributed by atoms with E-state index in [1.54, 1.807) is 36.4 Å². The quantitative estimate of drug-likeness (QED) is 0.354. The highest BCUT2D eigenvalue weighted by Gasteiger charge is 2.25. The number of benzene rings is 2. The first kappa shape index (κ1) is 23.7. The number of carbonyl (C=O) groups excluding carboxylic acids is 2. The van der Waals surface area contributed by atoms with E-state index >= 15 is 0 Å². The van der Waals surface area contributed by atoms with Crippen LogP contribution in [0.1, 0.15) is 19.8 Å². The van der Waals surface area contributed by atoms with Crippen LogP contribution in [0.25, 0.3) is 0 Å². The van der Waals surface area contributed by atoms with Crippen molar-refractivity contribution < 1.29 is 18.7 Å². The minimum atomic E-state index is -0.303. The van der Waals surface area contributed by atoms with E-state index in [2.05, 4.69) is 12.2 Å². The number of likely N-dealkylation sites (tertiary alicyclic amines) is 1. The number of hydrogen-bond acceptors (Lipinski definition) is 6. The standard InChI is InChI=1S/C13H10FNO2.C9H18N4O/c14-10-1-5-12(6-2-10)17-13-7-3-11(4-8-13)15-9-16;1-8-3-2-5-13(8)9(14)7-12(11)6-4-10/h1-9H,(H,15,16);4,6,8H,2-3,5,7,10-11H2,1H3/b;6-4-. The third-order valence-corrected chi connectivity index (χ3v) is 4.60. The van der Waals surface area contributed by atoms with E-state index < -0.39 is 0 Å². The van der Waals surface area contributed by atoms with Crippen LogP contribution in [-0.4, -0.2) is 41.4 Å². The zero-order chi connectivity index (χ0) is 22.6. The van der Waals surface area contributed by atoms with Gasteiger partial charge in [-0.15, -0.1) is 0 Å². The van der Waals surface area contributed by atoms with Crippen LogP contribution in [0, 0.1) is 5.82 Å². The van der Waals surface area contributed by atoms with Gasteiger partial charge < -0.3 is 25.7 Å². The first-order chi connectivity index (χ1) is 14.9. The highest BCUT2D eigenvalue weighted by Crippen LogP contribution is 2.23. The molecule has 5 N–H and O–H groups in total. The molecule has 9 heteroatoms. The Kier molecular flexibility index (Phi) is 9.31. The number of anilines is 1. The average Bonchev–Trinajstić information content (AvgIpc) is 3.18. The molecular weight excluding hydrogens is 401 g/mol. The van der Waals surface area contributed by atoms with E-state index in [9.17, 15) is 14.0 Å². The van der Waals surface area contributed by atoms with Gasteiger partial charge in [-0.3, -0.25) is 9.59 Å². The minimum absolute atomic E-state index is 0.0654. The van der Waals surface area contributed by atoms with E-state index in [4.69, 9.17) is 16.3 Å². The van der Waals surface area contributed by atoms with Gasteiger partial charge in [-0.1, -0.05) is 0 Å². The maximum atomic E-state index is 12.7. The van der Waals surface area contributed by atoms with Gasteiger partial charge in [0.05, 0.1) is 0 Å². The Morgan fingerprint density at radius 2 is 1.84 bits per heavy atom. The molecule has 8 nitrogen and oxygen atoms in total. The van der Waals surface area contributed by atoms with Crippen LogP contribution in [0.5, 0.6) is 11.5 Å².